The van der Waals surface area contributed by atoms with Crippen LogP contribution < -0.4 is 15.6 Å². The Morgan fingerprint density at radius 2 is 1.90 bits per heavy atom. The quantitative estimate of drug-likeness (QED) is 0.349. The number of benzene rings is 2. The van der Waals surface area contributed by atoms with Crippen LogP contribution in [-0.4, -0.2) is 32.8 Å². The summed E-state index contributed by atoms with van der Waals surface area (Å²) in [4.78, 5) is 34.4. The van der Waals surface area contributed by atoms with Gasteiger partial charge in [-0.1, -0.05) is 36.0 Å². The Bertz CT molecular complexity index is 1320. The van der Waals surface area contributed by atoms with Crippen molar-refractivity contribution in [1.29, 1.82) is 0 Å². The van der Waals surface area contributed by atoms with Crippen LogP contribution >= 0.6 is 23.1 Å². The van der Waals surface area contributed by atoms with Gasteiger partial charge in [-0.2, -0.15) is 0 Å². The number of methoxy groups -OCH3 is 1. The molecule has 0 aliphatic carbocycles. The lowest BCUT2D eigenvalue weighted by Gasteiger charge is -2.13. The summed E-state index contributed by atoms with van der Waals surface area (Å²) < 4.78 is 6.86. The third kappa shape index (κ3) is 4.33. The summed E-state index contributed by atoms with van der Waals surface area (Å²) in [5.74, 6) is 0.506. The smallest absolute Gasteiger partial charge is 0.261 e. The first-order valence-corrected chi connectivity index (χ1v) is 11.3. The minimum atomic E-state index is -0.474. The van der Waals surface area contributed by atoms with Crippen molar-refractivity contribution in [2.75, 3.05) is 12.4 Å². The molecule has 2 heterocycles. The molecule has 0 radical (unpaired) electrons. The summed E-state index contributed by atoms with van der Waals surface area (Å²) in [7, 11) is 3.27. The molecule has 4 aromatic rings. The van der Waals surface area contributed by atoms with E-state index >= 15 is 0 Å². The third-order valence-corrected chi connectivity index (χ3v) is 6.61. The number of anilines is 1. The number of thiazole rings is 1. The molecular formula is C22H20N4O3S2. The van der Waals surface area contributed by atoms with Gasteiger partial charge < -0.3 is 10.1 Å². The van der Waals surface area contributed by atoms with Crippen LogP contribution in [0.15, 0.2) is 63.9 Å². The summed E-state index contributed by atoms with van der Waals surface area (Å²) in [5, 5.41) is 5.79. The monoisotopic (exact) mass is 452 g/mol. The number of rotatable bonds is 6. The normalized spacial score (nSPS) is 12.0. The van der Waals surface area contributed by atoms with Crippen molar-refractivity contribution in [2.24, 2.45) is 7.05 Å². The van der Waals surface area contributed by atoms with E-state index < -0.39 is 5.25 Å². The molecule has 7 nitrogen and oxygen atoms in total. The van der Waals surface area contributed by atoms with E-state index in [9.17, 15) is 9.59 Å². The first kappa shape index (κ1) is 21.1. The fraction of sp³-hybridized carbons (Fsp3) is 0.182. The second-order valence-corrected chi connectivity index (χ2v) is 8.93. The van der Waals surface area contributed by atoms with Crippen molar-refractivity contribution in [1.82, 2.24) is 14.5 Å². The fourth-order valence-corrected chi connectivity index (χ4v) is 4.62. The number of para-hydroxylation sites is 2. The van der Waals surface area contributed by atoms with Crippen LogP contribution in [0.1, 0.15) is 6.92 Å². The Morgan fingerprint density at radius 1 is 1.16 bits per heavy atom. The molecule has 31 heavy (non-hydrogen) atoms. The standard InChI is InChI=1S/C22H20N4O3S2/c1-13(31-22-24-16-10-6-4-9-15(16)20(28)26(22)2)19(27)25-21-23-17(12-30-21)14-8-5-7-11-18(14)29-3/h4-13H,1-3H3,(H,23,25,27). The van der Waals surface area contributed by atoms with E-state index in [4.69, 9.17) is 4.74 Å². The SMILES string of the molecule is COc1ccccc1-c1csc(NC(=O)C(C)Sc2nc3ccccc3c(=O)n2C)n1. The Kier molecular flexibility index (Phi) is 6.06. The van der Waals surface area contributed by atoms with Crippen LogP contribution in [0.5, 0.6) is 5.75 Å². The molecule has 9 heteroatoms. The van der Waals surface area contributed by atoms with Crippen molar-refractivity contribution in [3.05, 3.63) is 64.3 Å². The number of aromatic nitrogens is 3. The van der Waals surface area contributed by atoms with Gasteiger partial charge >= 0.3 is 0 Å². The average molecular weight is 453 g/mol. The van der Waals surface area contributed by atoms with Gasteiger partial charge in [-0.25, -0.2) is 9.97 Å². The molecule has 1 unspecified atom stereocenters. The molecule has 4 rings (SSSR count). The molecule has 2 aromatic heterocycles. The van der Waals surface area contributed by atoms with E-state index in [0.29, 0.717) is 21.2 Å². The van der Waals surface area contributed by atoms with Crippen molar-refractivity contribution < 1.29 is 9.53 Å². The minimum absolute atomic E-state index is 0.137. The lowest BCUT2D eigenvalue weighted by Crippen LogP contribution is -2.25. The van der Waals surface area contributed by atoms with Gasteiger partial charge in [0.25, 0.3) is 5.56 Å². The molecule has 1 amide bonds. The van der Waals surface area contributed by atoms with Gasteiger partial charge in [-0.3, -0.25) is 14.2 Å². The van der Waals surface area contributed by atoms with Crippen LogP contribution in [0.3, 0.4) is 0 Å². The average Bonchev–Trinajstić information content (AvgIpc) is 3.25. The molecule has 0 saturated heterocycles. The summed E-state index contributed by atoms with van der Waals surface area (Å²) in [5.41, 5.74) is 2.07. The zero-order valence-corrected chi connectivity index (χ0v) is 18.8. The first-order chi connectivity index (χ1) is 15.0. The van der Waals surface area contributed by atoms with Crippen LogP contribution in [0, 0.1) is 0 Å². The highest BCUT2D eigenvalue weighted by Gasteiger charge is 2.20. The zero-order valence-electron chi connectivity index (χ0n) is 17.2. The molecule has 0 aliphatic rings. The van der Waals surface area contributed by atoms with Crippen LogP contribution in [0.2, 0.25) is 0 Å². The third-order valence-electron chi connectivity index (χ3n) is 4.71. The Balaban J connectivity index is 1.50. The second-order valence-electron chi connectivity index (χ2n) is 6.76. The molecule has 0 aliphatic heterocycles. The van der Waals surface area contributed by atoms with Gasteiger partial charge in [-0.15, -0.1) is 11.3 Å². The number of hydrogen-bond donors (Lipinski definition) is 1. The van der Waals surface area contributed by atoms with Gasteiger partial charge in [-0.05, 0) is 31.2 Å². The number of thioether (sulfide) groups is 1. The van der Waals surface area contributed by atoms with E-state index in [1.54, 1.807) is 33.2 Å². The summed E-state index contributed by atoms with van der Waals surface area (Å²) >= 11 is 2.58. The van der Waals surface area contributed by atoms with Crippen LogP contribution in [0.4, 0.5) is 5.13 Å². The number of hydrogen-bond acceptors (Lipinski definition) is 7. The highest BCUT2D eigenvalue weighted by atomic mass is 32.2. The van der Waals surface area contributed by atoms with Crippen molar-refractivity contribution in [3.8, 4) is 17.0 Å². The topological polar surface area (TPSA) is 86.1 Å². The van der Waals surface area contributed by atoms with Crippen molar-refractivity contribution >= 4 is 45.0 Å². The lowest BCUT2D eigenvalue weighted by atomic mass is 10.1. The van der Waals surface area contributed by atoms with Gasteiger partial charge in [0.05, 0.1) is 29.0 Å². The van der Waals surface area contributed by atoms with Crippen LogP contribution in [0.25, 0.3) is 22.2 Å². The number of amides is 1. The molecule has 0 fully saturated rings. The number of ether oxygens (including phenoxy) is 1. The Labute approximate surface area is 187 Å². The predicted octanol–water partition coefficient (Wildman–Crippen LogP) is 4.18. The van der Waals surface area contributed by atoms with Gasteiger partial charge in [0.15, 0.2) is 10.3 Å². The highest BCUT2D eigenvalue weighted by molar-refractivity contribution is 8.00. The number of nitrogens with one attached hydrogen (secondary N) is 1. The van der Waals surface area contributed by atoms with Gasteiger partial charge in [0, 0.05) is 18.0 Å². The Hall–Kier alpha value is -3.17. The number of fused-ring (bicyclic) bond motifs is 1. The largest absolute Gasteiger partial charge is 0.496 e. The highest BCUT2D eigenvalue weighted by Crippen LogP contribution is 2.32. The van der Waals surface area contributed by atoms with E-state index in [2.05, 4.69) is 15.3 Å². The zero-order chi connectivity index (χ0) is 22.0. The maximum absolute atomic E-state index is 12.7. The molecule has 158 valence electrons. The summed E-state index contributed by atoms with van der Waals surface area (Å²) in [6.07, 6.45) is 0. The molecule has 0 saturated carbocycles. The first-order valence-electron chi connectivity index (χ1n) is 9.50. The second kappa shape index (κ2) is 8.91. The summed E-state index contributed by atoms with van der Waals surface area (Å²) in [6, 6.07) is 14.8. The Morgan fingerprint density at radius 3 is 2.71 bits per heavy atom. The van der Waals surface area contributed by atoms with Gasteiger partial charge in [0.1, 0.15) is 5.75 Å². The lowest BCUT2D eigenvalue weighted by molar-refractivity contribution is -0.115. The maximum Gasteiger partial charge on any atom is 0.261 e. The van der Waals surface area contributed by atoms with E-state index in [1.165, 1.54) is 27.7 Å². The summed E-state index contributed by atoms with van der Waals surface area (Å²) in [6.45, 7) is 1.77. The van der Waals surface area contributed by atoms with E-state index in [-0.39, 0.29) is 11.5 Å². The van der Waals surface area contributed by atoms with Crippen LogP contribution in [-0.2, 0) is 11.8 Å². The molecular weight excluding hydrogens is 432 g/mol. The molecule has 1 N–H and O–H groups in total. The molecule has 2 aromatic carbocycles. The predicted molar refractivity (Wildman–Crippen MR) is 125 cm³/mol. The van der Waals surface area contributed by atoms with Gasteiger partial charge in [0.2, 0.25) is 5.91 Å². The fourth-order valence-electron chi connectivity index (χ4n) is 3.03. The van der Waals surface area contributed by atoms with Crippen molar-refractivity contribution in [2.45, 2.75) is 17.3 Å². The number of carbonyl (C=O) groups is 1. The van der Waals surface area contributed by atoms with E-state index in [1.807, 2.05) is 41.8 Å². The minimum Gasteiger partial charge on any atom is -0.496 e. The molecule has 0 spiro atoms. The number of nitrogens with zero attached hydrogens (tertiary/aromatic N) is 3. The molecule has 1 atom stereocenters. The van der Waals surface area contributed by atoms with Crippen molar-refractivity contribution in [3.63, 3.8) is 0 Å². The molecule has 0 bridgehead atoms. The number of carbonyl (C=O) groups excluding carboxylic acids is 1. The van der Waals surface area contributed by atoms with E-state index in [0.717, 1.165) is 17.0 Å². The maximum atomic E-state index is 12.7.